The van der Waals surface area contributed by atoms with E-state index in [0.717, 1.165) is 31.6 Å². The van der Waals surface area contributed by atoms with Crippen LogP contribution < -0.4 is 11.1 Å². The van der Waals surface area contributed by atoms with Crippen LogP contribution in [0.2, 0.25) is 0 Å². The number of aryl methyl sites for hydroxylation is 2. The Morgan fingerprint density at radius 3 is 2.73 bits per heavy atom. The second-order valence-electron chi connectivity index (χ2n) is 2.87. The smallest absolute Gasteiger partial charge is 0.0827 e. The molecule has 3 N–H and O–H groups in total. The number of hydrogen-bond acceptors (Lipinski definition) is 4. The summed E-state index contributed by atoms with van der Waals surface area (Å²) in [5.74, 6) is 0. The molecule has 1 rings (SSSR count). The van der Waals surface area contributed by atoms with Crippen molar-refractivity contribution < 1.29 is 0 Å². The number of hydrogen-bond donors (Lipinski definition) is 2. The number of aromatic nitrogens is 3. The van der Waals surface area contributed by atoms with Crippen LogP contribution in [0, 0.1) is 0 Å². The van der Waals surface area contributed by atoms with Crippen LogP contribution in [0.1, 0.15) is 32.9 Å². The van der Waals surface area contributed by atoms with Gasteiger partial charge in [-0.1, -0.05) is 19.1 Å². The molecule has 0 radical (unpaired) electrons. The van der Waals surface area contributed by atoms with E-state index in [1.165, 1.54) is 0 Å². The minimum absolute atomic E-state index is 0.543. The highest BCUT2D eigenvalue weighted by Gasteiger charge is 1.98. The highest BCUT2D eigenvalue weighted by molar-refractivity contribution is 4.92. The second kappa shape index (κ2) is 9.61. The summed E-state index contributed by atoms with van der Waals surface area (Å²) in [6.07, 6.45) is 4.01. The van der Waals surface area contributed by atoms with Crippen LogP contribution in [-0.2, 0) is 13.0 Å². The van der Waals surface area contributed by atoms with Gasteiger partial charge in [-0.3, -0.25) is 4.68 Å². The van der Waals surface area contributed by atoms with Crippen molar-refractivity contribution in [2.75, 3.05) is 13.2 Å². The Hall–Kier alpha value is -0.940. The minimum Gasteiger partial charge on any atom is -0.318 e. The standard InChI is InChI=1S/C8H17N5.C2H6/c1-2-13-6-8(11-12-13)4-3-5-10-7-9;1-2/h6,10H,2-5,7,9H2,1H3;1-2H3. The van der Waals surface area contributed by atoms with E-state index in [2.05, 4.69) is 22.6 Å². The molecule has 0 aliphatic heterocycles. The molecule has 0 fully saturated rings. The van der Waals surface area contributed by atoms with Gasteiger partial charge in [-0.25, -0.2) is 0 Å². The lowest BCUT2D eigenvalue weighted by atomic mass is 10.2. The van der Waals surface area contributed by atoms with Gasteiger partial charge in [0.05, 0.1) is 5.69 Å². The summed E-state index contributed by atoms with van der Waals surface area (Å²) >= 11 is 0. The second-order valence-corrected chi connectivity index (χ2v) is 2.87. The summed E-state index contributed by atoms with van der Waals surface area (Å²) < 4.78 is 1.84. The molecule has 5 nitrogen and oxygen atoms in total. The van der Waals surface area contributed by atoms with Gasteiger partial charge in [0.15, 0.2) is 0 Å². The van der Waals surface area contributed by atoms with Gasteiger partial charge in [-0.05, 0) is 26.3 Å². The maximum atomic E-state index is 5.29. The number of nitrogens with two attached hydrogens (primary N) is 1. The highest BCUT2D eigenvalue weighted by atomic mass is 15.4. The molecular weight excluding hydrogens is 190 g/mol. The zero-order chi connectivity index (χ0) is 11.5. The van der Waals surface area contributed by atoms with Crippen LogP contribution in [0.4, 0.5) is 0 Å². The van der Waals surface area contributed by atoms with E-state index in [-0.39, 0.29) is 0 Å². The minimum atomic E-state index is 0.543. The van der Waals surface area contributed by atoms with Crippen LogP contribution in [0.15, 0.2) is 6.20 Å². The van der Waals surface area contributed by atoms with Crippen molar-refractivity contribution in [2.24, 2.45) is 5.73 Å². The Morgan fingerprint density at radius 1 is 1.47 bits per heavy atom. The van der Waals surface area contributed by atoms with Crippen molar-refractivity contribution in [3.8, 4) is 0 Å². The molecule has 5 heteroatoms. The number of rotatable bonds is 6. The van der Waals surface area contributed by atoms with E-state index in [9.17, 15) is 0 Å². The third-order valence-electron chi connectivity index (χ3n) is 1.84. The van der Waals surface area contributed by atoms with E-state index in [4.69, 9.17) is 5.73 Å². The predicted octanol–water partition coefficient (Wildman–Crippen LogP) is 0.763. The van der Waals surface area contributed by atoms with Crippen LogP contribution in [0.25, 0.3) is 0 Å². The summed E-state index contributed by atoms with van der Waals surface area (Å²) in [4.78, 5) is 0. The molecular formula is C10H23N5. The fraction of sp³-hybridized carbons (Fsp3) is 0.800. The number of nitrogens with zero attached hydrogens (tertiary/aromatic N) is 3. The molecule has 0 aliphatic rings. The maximum Gasteiger partial charge on any atom is 0.0827 e. The van der Waals surface area contributed by atoms with Gasteiger partial charge in [-0.15, -0.1) is 5.10 Å². The van der Waals surface area contributed by atoms with Gasteiger partial charge >= 0.3 is 0 Å². The van der Waals surface area contributed by atoms with Gasteiger partial charge < -0.3 is 11.1 Å². The molecule has 1 aromatic rings. The molecule has 1 aromatic heterocycles. The Balaban J connectivity index is 0.000000921. The van der Waals surface area contributed by atoms with Gasteiger partial charge in [0.1, 0.15) is 0 Å². The molecule has 88 valence electrons. The largest absolute Gasteiger partial charge is 0.318 e. The lowest BCUT2D eigenvalue weighted by Crippen LogP contribution is -2.23. The molecule has 0 saturated heterocycles. The Bertz CT molecular complexity index is 233. The molecule has 0 bridgehead atoms. The van der Waals surface area contributed by atoms with Crippen LogP contribution in [0.5, 0.6) is 0 Å². The molecule has 0 atom stereocenters. The van der Waals surface area contributed by atoms with Crippen molar-refractivity contribution in [2.45, 2.75) is 40.2 Å². The molecule has 0 spiro atoms. The Kier molecular flexibility index (Phi) is 9.01. The van der Waals surface area contributed by atoms with Crippen LogP contribution >= 0.6 is 0 Å². The molecule has 1 heterocycles. The van der Waals surface area contributed by atoms with Gasteiger partial charge in [0, 0.05) is 19.4 Å². The summed E-state index contributed by atoms with van der Waals surface area (Å²) in [7, 11) is 0. The quantitative estimate of drug-likeness (QED) is 0.541. The van der Waals surface area contributed by atoms with E-state index >= 15 is 0 Å². The normalized spacial score (nSPS) is 9.60. The first kappa shape index (κ1) is 14.1. The van der Waals surface area contributed by atoms with E-state index < -0.39 is 0 Å². The van der Waals surface area contributed by atoms with Gasteiger partial charge in [0.25, 0.3) is 0 Å². The summed E-state index contributed by atoms with van der Waals surface area (Å²) in [5.41, 5.74) is 6.35. The molecule has 0 unspecified atom stereocenters. The summed E-state index contributed by atoms with van der Waals surface area (Å²) in [6.45, 7) is 8.42. The fourth-order valence-corrected chi connectivity index (χ4v) is 1.10. The number of nitrogens with one attached hydrogen (secondary N) is 1. The SMILES string of the molecule is CC.CCn1cc(CCCNCN)nn1. The summed E-state index contributed by atoms with van der Waals surface area (Å²) in [5, 5.41) is 11.1. The Labute approximate surface area is 92.0 Å². The third-order valence-corrected chi connectivity index (χ3v) is 1.84. The van der Waals surface area contributed by atoms with E-state index in [0.29, 0.717) is 6.67 Å². The van der Waals surface area contributed by atoms with Crippen molar-refractivity contribution >= 4 is 0 Å². The van der Waals surface area contributed by atoms with Crippen LogP contribution in [0.3, 0.4) is 0 Å². The Morgan fingerprint density at radius 2 is 2.20 bits per heavy atom. The lowest BCUT2D eigenvalue weighted by molar-refractivity contribution is 0.625. The topological polar surface area (TPSA) is 68.8 Å². The van der Waals surface area contributed by atoms with E-state index in [1.54, 1.807) is 0 Å². The van der Waals surface area contributed by atoms with Crippen molar-refractivity contribution in [3.63, 3.8) is 0 Å². The zero-order valence-electron chi connectivity index (χ0n) is 10.0. The first-order valence-electron chi connectivity index (χ1n) is 5.66. The zero-order valence-corrected chi connectivity index (χ0v) is 10.0. The van der Waals surface area contributed by atoms with Crippen molar-refractivity contribution in [1.29, 1.82) is 0 Å². The van der Waals surface area contributed by atoms with Crippen LogP contribution in [-0.4, -0.2) is 28.2 Å². The van der Waals surface area contributed by atoms with Gasteiger partial charge in [-0.2, -0.15) is 0 Å². The molecule has 0 saturated carbocycles. The summed E-state index contributed by atoms with van der Waals surface area (Å²) in [6, 6.07) is 0. The molecule has 0 aliphatic carbocycles. The predicted molar refractivity (Wildman–Crippen MR) is 62.4 cm³/mol. The fourth-order valence-electron chi connectivity index (χ4n) is 1.10. The molecule has 15 heavy (non-hydrogen) atoms. The lowest BCUT2D eigenvalue weighted by Gasteiger charge is -1.97. The molecule has 0 aromatic carbocycles. The van der Waals surface area contributed by atoms with E-state index in [1.807, 2.05) is 24.7 Å². The third kappa shape index (κ3) is 6.19. The first-order valence-corrected chi connectivity index (χ1v) is 5.66. The average molecular weight is 213 g/mol. The van der Waals surface area contributed by atoms with Gasteiger partial charge in [0.2, 0.25) is 0 Å². The molecule has 0 amide bonds. The average Bonchev–Trinajstić information content (AvgIpc) is 2.75. The van der Waals surface area contributed by atoms with Crippen molar-refractivity contribution in [1.82, 2.24) is 20.3 Å². The monoisotopic (exact) mass is 213 g/mol. The first-order chi connectivity index (χ1) is 7.36. The van der Waals surface area contributed by atoms with Crippen molar-refractivity contribution in [3.05, 3.63) is 11.9 Å². The highest BCUT2D eigenvalue weighted by Crippen LogP contribution is 1.96. The maximum absolute atomic E-state index is 5.29.